The molecule has 2 aliphatic rings. The third-order valence-corrected chi connectivity index (χ3v) is 4.69. The summed E-state index contributed by atoms with van der Waals surface area (Å²) in [5, 5.41) is 2.99. The summed E-state index contributed by atoms with van der Waals surface area (Å²) in [7, 11) is 0. The number of hydrogen-bond donors (Lipinski definition) is 1. The number of likely N-dealkylation sites (tertiary alicyclic amines) is 1. The SMILES string of the molecule is O=C(CN1CCCCCCC1=O)N[C@H]1C[C@@H]1c1ccc(F)cc1. The Morgan fingerprint density at radius 1 is 1.17 bits per heavy atom. The molecule has 1 N–H and O–H groups in total. The molecule has 0 bridgehead atoms. The summed E-state index contributed by atoms with van der Waals surface area (Å²) < 4.78 is 12.9. The molecule has 0 unspecified atom stereocenters. The summed E-state index contributed by atoms with van der Waals surface area (Å²) >= 11 is 0. The normalized spacial score (nSPS) is 24.7. The zero-order chi connectivity index (χ0) is 16.2. The first kappa shape index (κ1) is 16.0. The van der Waals surface area contributed by atoms with Crippen LogP contribution >= 0.6 is 0 Å². The number of hydrogen-bond acceptors (Lipinski definition) is 2. The first-order valence-corrected chi connectivity index (χ1v) is 8.46. The fourth-order valence-electron chi connectivity index (χ4n) is 3.24. The number of benzene rings is 1. The maximum atomic E-state index is 12.9. The zero-order valence-corrected chi connectivity index (χ0v) is 13.3. The molecular formula is C18H23FN2O2. The average Bonchev–Trinajstić information content (AvgIpc) is 3.27. The Hall–Kier alpha value is -1.91. The van der Waals surface area contributed by atoms with Crippen molar-refractivity contribution < 1.29 is 14.0 Å². The maximum Gasteiger partial charge on any atom is 0.239 e. The van der Waals surface area contributed by atoms with Gasteiger partial charge < -0.3 is 10.2 Å². The van der Waals surface area contributed by atoms with E-state index in [0.29, 0.717) is 13.0 Å². The molecule has 3 rings (SSSR count). The van der Waals surface area contributed by atoms with Gasteiger partial charge in [0.25, 0.3) is 0 Å². The van der Waals surface area contributed by atoms with Gasteiger partial charge in [0.15, 0.2) is 0 Å². The first-order valence-electron chi connectivity index (χ1n) is 8.46. The van der Waals surface area contributed by atoms with Crippen molar-refractivity contribution in [2.45, 2.75) is 50.5 Å². The molecule has 4 nitrogen and oxygen atoms in total. The minimum absolute atomic E-state index is 0.0886. The molecule has 1 aromatic rings. The Labute approximate surface area is 136 Å². The van der Waals surface area contributed by atoms with Crippen molar-refractivity contribution in [1.82, 2.24) is 10.2 Å². The topological polar surface area (TPSA) is 49.4 Å². The Balaban J connectivity index is 1.48. The van der Waals surface area contributed by atoms with Gasteiger partial charge in [-0.2, -0.15) is 0 Å². The lowest BCUT2D eigenvalue weighted by Crippen LogP contribution is -2.42. The quantitative estimate of drug-likeness (QED) is 0.927. The molecule has 1 saturated heterocycles. The molecule has 23 heavy (non-hydrogen) atoms. The van der Waals surface area contributed by atoms with Gasteiger partial charge in [-0.3, -0.25) is 9.59 Å². The van der Waals surface area contributed by atoms with Crippen LogP contribution in [0.5, 0.6) is 0 Å². The maximum absolute atomic E-state index is 12.9. The molecule has 1 saturated carbocycles. The number of carbonyl (C=O) groups excluding carboxylic acids is 2. The molecule has 0 radical (unpaired) electrons. The number of nitrogens with zero attached hydrogens (tertiary/aromatic N) is 1. The molecule has 1 aromatic carbocycles. The van der Waals surface area contributed by atoms with Crippen LogP contribution in [-0.2, 0) is 9.59 Å². The average molecular weight is 318 g/mol. The largest absolute Gasteiger partial charge is 0.351 e. The molecule has 0 spiro atoms. The van der Waals surface area contributed by atoms with Gasteiger partial charge in [-0.1, -0.05) is 25.0 Å². The molecule has 2 amide bonds. The van der Waals surface area contributed by atoms with E-state index in [9.17, 15) is 14.0 Å². The molecule has 5 heteroatoms. The lowest BCUT2D eigenvalue weighted by atomic mass is 10.1. The van der Waals surface area contributed by atoms with Crippen LogP contribution in [0.4, 0.5) is 4.39 Å². The highest BCUT2D eigenvalue weighted by Gasteiger charge is 2.39. The van der Waals surface area contributed by atoms with E-state index in [0.717, 1.165) is 37.7 Å². The van der Waals surface area contributed by atoms with Crippen LogP contribution < -0.4 is 5.32 Å². The molecule has 1 aliphatic heterocycles. The van der Waals surface area contributed by atoms with Crippen molar-refractivity contribution in [3.05, 3.63) is 35.6 Å². The van der Waals surface area contributed by atoms with Gasteiger partial charge in [0.2, 0.25) is 11.8 Å². The van der Waals surface area contributed by atoms with Crippen LogP contribution in [0.1, 0.15) is 50.0 Å². The predicted molar refractivity (Wildman–Crippen MR) is 85.4 cm³/mol. The van der Waals surface area contributed by atoms with E-state index in [1.165, 1.54) is 12.1 Å². The summed E-state index contributed by atoms with van der Waals surface area (Å²) in [6.45, 7) is 0.837. The Kier molecular flexibility index (Phi) is 4.94. The number of rotatable bonds is 4. The fraction of sp³-hybridized carbons (Fsp3) is 0.556. The molecule has 1 aliphatic carbocycles. The standard InChI is InChI=1S/C18H23FN2O2/c19-14-8-6-13(7-9-14)15-11-16(15)20-17(22)12-21-10-4-2-1-3-5-18(21)23/h6-9,15-16H,1-5,10-12H2,(H,20,22)/t15-,16+/m1/s1. The minimum atomic E-state index is -0.245. The third-order valence-electron chi connectivity index (χ3n) is 4.69. The number of amides is 2. The second-order valence-corrected chi connectivity index (χ2v) is 6.55. The van der Waals surface area contributed by atoms with E-state index >= 15 is 0 Å². The van der Waals surface area contributed by atoms with Crippen molar-refractivity contribution in [1.29, 1.82) is 0 Å². The Morgan fingerprint density at radius 2 is 1.91 bits per heavy atom. The van der Waals surface area contributed by atoms with E-state index in [1.807, 2.05) is 0 Å². The molecular weight excluding hydrogens is 295 g/mol. The van der Waals surface area contributed by atoms with Crippen molar-refractivity contribution in [2.75, 3.05) is 13.1 Å². The summed E-state index contributed by atoms with van der Waals surface area (Å²) in [5.41, 5.74) is 1.05. The molecule has 2 fully saturated rings. The van der Waals surface area contributed by atoms with Crippen molar-refractivity contribution >= 4 is 11.8 Å². The molecule has 0 aromatic heterocycles. The minimum Gasteiger partial charge on any atom is -0.351 e. The monoisotopic (exact) mass is 318 g/mol. The second kappa shape index (κ2) is 7.11. The molecule has 124 valence electrons. The predicted octanol–water partition coefficient (Wildman–Crippen LogP) is 2.59. The highest BCUT2D eigenvalue weighted by atomic mass is 19.1. The highest BCUT2D eigenvalue weighted by Crippen LogP contribution is 2.40. The third kappa shape index (κ3) is 4.30. The van der Waals surface area contributed by atoms with Crippen molar-refractivity contribution in [3.63, 3.8) is 0 Å². The summed E-state index contributed by atoms with van der Waals surface area (Å²) in [5.74, 6) is 0.0208. The van der Waals surface area contributed by atoms with Crippen molar-refractivity contribution in [3.8, 4) is 0 Å². The fourth-order valence-corrected chi connectivity index (χ4v) is 3.24. The van der Waals surface area contributed by atoms with Gasteiger partial charge in [0.05, 0.1) is 6.54 Å². The van der Waals surface area contributed by atoms with Gasteiger partial charge in [0, 0.05) is 24.9 Å². The van der Waals surface area contributed by atoms with E-state index in [-0.39, 0.29) is 36.1 Å². The smallest absolute Gasteiger partial charge is 0.239 e. The van der Waals surface area contributed by atoms with Crippen LogP contribution in [0.15, 0.2) is 24.3 Å². The van der Waals surface area contributed by atoms with Gasteiger partial charge >= 0.3 is 0 Å². The molecule has 2 atom stereocenters. The second-order valence-electron chi connectivity index (χ2n) is 6.55. The van der Waals surface area contributed by atoms with Gasteiger partial charge in [-0.15, -0.1) is 0 Å². The van der Waals surface area contributed by atoms with Crippen LogP contribution in [0.25, 0.3) is 0 Å². The van der Waals surface area contributed by atoms with Crippen LogP contribution in [0, 0.1) is 5.82 Å². The number of halogens is 1. The van der Waals surface area contributed by atoms with Gasteiger partial charge in [-0.25, -0.2) is 4.39 Å². The van der Waals surface area contributed by atoms with Crippen LogP contribution in [0.3, 0.4) is 0 Å². The highest BCUT2D eigenvalue weighted by molar-refractivity contribution is 5.85. The zero-order valence-electron chi connectivity index (χ0n) is 13.3. The van der Waals surface area contributed by atoms with Crippen LogP contribution in [0.2, 0.25) is 0 Å². The van der Waals surface area contributed by atoms with Crippen molar-refractivity contribution in [2.24, 2.45) is 0 Å². The Bertz CT molecular complexity index is 573. The number of carbonyl (C=O) groups is 2. The first-order chi connectivity index (χ1) is 11.1. The summed E-state index contributed by atoms with van der Waals surface area (Å²) in [4.78, 5) is 25.9. The number of nitrogens with one attached hydrogen (secondary N) is 1. The lowest BCUT2D eigenvalue weighted by Gasteiger charge is -2.24. The summed E-state index contributed by atoms with van der Waals surface area (Å²) in [6.07, 6.45) is 5.56. The van der Waals surface area contributed by atoms with Gasteiger partial charge in [-0.05, 0) is 37.0 Å². The van der Waals surface area contributed by atoms with E-state index in [1.54, 1.807) is 17.0 Å². The van der Waals surface area contributed by atoms with E-state index < -0.39 is 0 Å². The summed E-state index contributed by atoms with van der Waals surface area (Å²) in [6, 6.07) is 6.55. The van der Waals surface area contributed by atoms with E-state index in [2.05, 4.69) is 5.32 Å². The van der Waals surface area contributed by atoms with E-state index in [4.69, 9.17) is 0 Å². The molecule has 1 heterocycles. The Morgan fingerprint density at radius 3 is 2.70 bits per heavy atom. The van der Waals surface area contributed by atoms with Crippen LogP contribution in [-0.4, -0.2) is 35.8 Å². The van der Waals surface area contributed by atoms with Gasteiger partial charge in [0.1, 0.15) is 5.82 Å². The lowest BCUT2D eigenvalue weighted by molar-refractivity contribution is -0.136.